The molecular weight excluding hydrogens is 244 g/mol. The molecule has 1 saturated heterocycles. The quantitative estimate of drug-likeness (QED) is 0.895. The molecule has 2 N–H and O–H groups in total. The molecule has 2 heteroatoms. The molecule has 2 fully saturated rings. The second kappa shape index (κ2) is 4.32. The summed E-state index contributed by atoms with van der Waals surface area (Å²) in [5.41, 5.74) is 11.4. The Bertz CT molecular complexity index is 534. The lowest BCUT2D eigenvalue weighted by atomic mass is 9.62. The van der Waals surface area contributed by atoms with E-state index in [4.69, 9.17) is 5.73 Å². The van der Waals surface area contributed by atoms with Crippen molar-refractivity contribution in [3.8, 4) is 0 Å². The van der Waals surface area contributed by atoms with Crippen LogP contribution in [0.2, 0.25) is 0 Å². The van der Waals surface area contributed by atoms with E-state index in [2.05, 4.69) is 36.9 Å². The summed E-state index contributed by atoms with van der Waals surface area (Å²) in [6.45, 7) is 7.12. The van der Waals surface area contributed by atoms with Crippen LogP contribution < -0.4 is 5.73 Å². The minimum atomic E-state index is 0.185. The van der Waals surface area contributed by atoms with Gasteiger partial charge in [-0.3, -0.25) is 4.90 Å². The largest absolute Gasteiger partial charge is 0.326 e. The lowest BCUT2D eigenvalue weighted by Crippen LogP contribution is -2.65. The fourth-order valence-corrected chi connectivity index (χ4v) is 4.41. The van der Waals surface area contributed by atoms with Crippen LogP contribution >= 0.6 is 0 Å². The van der Waals surface area contributed by atoms with Crippen LogP contribution in [0, 0.1) is 12.8 Å². The van der Waals surface area contributed by atoms with Crippen LogP contribution in [0.25, 0.3) is 0 Å². The number of nitrogens with zero attached hydrogens (tertiary/aromatic N) is 1. The molecule has 2 nitrogen and oxygen atoms in total. The molecule has 108 valence electrons. The summed E-state index contributed by atoms with van der Waals surface area (Å²) in [6, 6.07) is 7.86. The van der Waals surface area contributed by atoms with Gasteiger partial charge in [0, 0.05) is 24.0 Å². The van der Waals surface area contributed by atoms with Crippen molar-refractivity contribution in [2.75, 3.05) is 13.1 Å². The van der Waals surface area contributed by atoms with Crippen molar-refractivity contribution in [2.24, 2.45) is 11.7 Å². The first-order chi connectivity index (χ1) is 9.58. The third-order valence-electron chi connectivity index (χ3n) is 6.04. The maximum Gasteiger partial charge on any atom is 0.0296 e. The van der Waals surface area contributed by atoms with Crippen molar-refractivity contribution in [3.05, 3.63) is 34.9 Å². The van der Waals surface area contributed by atoms with Crippen LogP contribution in [0.15, 0.2) is 18.2 Å². The number of nitrogens with two attached hydrogens (primary N) is 1. The van der Waals surface area contributed by atoms with Crippen LogP contribution in [0.4, 0.5) is 0 Å². The molecule has 1 saturated carbocycles. The number of piperidine rings is 1. The van der Waals surface area contributed by atoms with Crippen LogP contribution in [0.5, 0.6) is 0 Å². The van der Waals surface area contributed by atoms with Gasteiger partial charge in [-0.25, -0.2) is 0 Å². The molecule has 3 atom stereocenters. The van der Waals surface area contributed by atoms with Gasteiger partial charge in [-0.05, 0) is 56.2 Å². The van der Waals surface area contributed by atoms with Crippen LogP contribution in [-0.4, -0.2) is 30.1 Å². The molecular formula is C18H26N2. The first-order valence-corrected chi connectivity index (χ1v) is 8.17. The Hall–Kier alpha value is -0.860. The summed E-state index contributed by atoms with van der Waals surface area (Å²) < 4.78 is 0. The van der Waals surface area contributed by atoms with Gasteiger partial charge < -0.3 is 5.73 Å². The Morgan fingerprint density at radius 1 is 1.35 bits per heavy atom. The molecule has 3 aliphatic rings. The second-order valence-electron chi connectivity index (χ2n) is 7.56. The third-order valence-corrected chi connectivity index (χ3v) is 6.04. The Kier molecular flexibility index (Phi) is 2.77. The molecule has 2 aliphatic carbocycles. The van der Waals surface area contributed by atoms with E-state index >= 15 is 0 Å². The predicted molar refractivity (Wildman–Crippen MR) is 82.9 cm³/mol. The molecule has 0 radical (unpaired) electrons. The molecule has 2 bridgehead atoms. The zero-order valence-electron chi connectivity index (χ0n) is 12.7. The van der Waals surface area contributed by atoms with Gasteiger partial charge >= 0.3 is 0 Å². The monoisotopic (exact) mass is 270 g/mol. The number of benzene rings is 1. The van der Waals surface area contributed by atoms with E-state index in [0.717, 1.165) is 12.3 Å². The standard InChI is InChI=1S/C18H26N2/c1-12-3-6-14-10-16-17(19)18(2,15(14)9-12)7-8-20(16)11-13-4-5-13/h3,6,9,13,16-17H,4-5,7-8,10-11,19H2,1-2H3/t16-,17-,18+/m1/s1. The lowest BCUT2D eigenvalue weighted by Gasteiger charge is -2.54. The molecule has 1 aromatic rings. The minimum absolute atomic E-state index is 0.185. The fourth-order valence-electron chi connectivity index (χ4n) is 4.41. The average Bonchev–Trinajstić information content (AvgIpc) is 3.22. The number of fused-ring (bicyclic) bond motifs is 4. The van der Waals surface area contributed by atoms with E-state index < -0.39 is 0 Å². The van der Waals surface area contributed by atoms with E-state index in [1.807, 2.05) is 0 Å². The van der Waals surface area contributed by atoms with E-state index in [1.165, 1.54) is 43.5 Å². The van der Waals surface area contributed by atoms with Crippen molar-refractivity contribution in [3.63, 3.8) is 0 Å². The van der Waals surface area contributed by atoms with Crippen molar-refractivity contribution >= 4 is 0 Å². The van der Waals surface area contributed by atoms with E-state index in [1.54, 1.807) is 5.56 Å². The van der Waals surface area contributed by atoms with E-state index in [9.17, 15) is 0 Å². The van der Waals surface area contributed by atoms with Gasteiger partial charge in [-0.2, -0.15) is 0 Å². The number of aryl methyl sites for hydroxylation is 1. The van der Waals surface area contributed by atoms with Gasteiger partial charge in [0.25, 0.3) is 0 Å². The molecule has 1 aromatic carbocycles. The van der Waals surface area contributed by atoms with Gasteiger partial charge in [0.15, 0.2) is 0 Å². The van der Waals surface area contributed by atoms with Crippen molar-refractivity contribution in [1.82, 2.24) is 4.90 Å². The highest BCUT2D eigenvalue weighted by Crippen LogP contribution is 2.45. The molecule has 1 aliphatic heterocycles. The number of likely N-dealkylation sites (tertiary alicyclic amines) is 1. The Balaban J connectivity index is 1.71. The molecule has 0 amide bonds. The third kappa shape index (κ3) is 1.85. The molecule has 0 aromatic heterocycles. The SMILES string of the molecule is Cc1ccc2c(c1)[C@]1(C)CCN(CC3CC3)[C@H](C2)[C@H]1N. The molecule has 20 heavy (non-hydrogen) atoms. The highest BCUT2D eigenvalue weighted by Gasteiger charge is 2.49. The van der Waals surface area contributed by atoms with Gasteiger partial charge in [0.05, 0.1) is 0 Å². The highest BCUT2D eigenvalue weighted by atomic mass is 15.2. The van der Waals surface area contributed by atoms with Crippen LogP contribution in [0.1, 0.15) is 42.9 Å². The second-order valence-corrected chi connectivity index (χ2v) is 7.56. The molecule has 1 heterocycles. The van der Waals surface area contributed by atoms with Gasteiger partial charge in [0.1, 0.15) is 0 Å². The molecule has 4 rings (SSSR count). The zero-order chi connectivity index (χ0) is 13.9. The van der Waals surface area contributed by atoms with Crippen LogP contribution in [-0.2, 0) is 11.8 Å². The summed E-state index contributed by atoms with van der Waals surface area (Å²) in [5, 5.41) is 0. The van der Waals surface area contributed by atoms with E-state index in [-0.39, 0.29) is 5.41 Å². The van der Waals surface area contributed by atoms with Crippen LogP contribution in [0.3, 0.4) is 0 Å². The fraction of sp³-hybridized carbons (Fsp3) is 0.667. The normalized spacial score (nSPS) is 36.8. The van der Waals surface area contributed by atoms with Gasteiger partial charge in [-0.1, -0.05) is 30.7 Å². The smallest absolute Gasteiger partial charge is 0.0296 e. The Labute approximate surface area is 122 Å². The summed E-state index contributed by atoms with van der Waals surface area (Å²) in [4.78, 5) is 2.70. The summed E-state index contributed by atoms with van der Waals surface area (Å²) in [6.07, 6.45) is 5.24. The van der Waals surface area contributed by atoms with Crippen molar-refractivity contribution < 1.29 is 0 Å². The molecule has 0 unspecified atom stereocenters. The van der Waals surface area contributed by atoms with Gasteiger partial charge in [0.2, 0.25) is 0 Å². The maximum absolute atomic E-state index is 6.73. The van der Waals surface area contributed by atoms with E-state index in [0.29, 0.717) is 12.1 Å². The highest BCUT2D eigenvalue weighted by molar-refractivity contribution is 5.43. The topological polar surface area (TPSA) is 29.3 Å². The van der Waals surface area contributed by atoms with Crippen molar-refractivity contribution in [1.29, 1.82) is 0 Å². The summed E-state index contributed by atoms with van der Waals surface area (Å²) in [5.74, 6) is 0.964. The first-order valence-electron chi connectivity index (χ1n) is 8.17. The predicted octanol–water partition coefficient (Wildman–Crippen LogP) is 2.62. The first kappa shape index (κ1) is 12.8. The summed E-state index contributed by atoms with van der Waals surface area (Å²) in [7, 11) is 0. The average molecular weight is 270 g/mol. The number of rotatable bonds is 2. The van der Waals surface area contributed by atoms with Crippen molar-refractivity contribution in [2.45, 2.75) is 57.0 Å². The minimum Gasteiger partial charge on any atom is -0.326 e. The Morgan fingerprint density at radius 3 is 2.90 bits per heavy atom. The number of hydrogen-bond acceptors (Lipinski definition) is 2. The number of hydrogen-bond donors (Lipinski definition) is 1. The molecule has 0 spiro atoms. The maximum atomic E-state index is 6.73. The Morgan fingerprint density at radius 2 is 2.15 bits per heavy atom. The zero-order valence-corrected chi connectivity index (χ0v) is 12.7. The lowest BCUT2D eigenvalue weighted by molar-refractivity contribution is 0.0602. The van der Waals surface area contributed by atoms with Gasteiger partial charge in [-0.15, -0.1) is 0 Å². The summed E-state index contributed by atoms with van der Waals surface area (Å²) >= 11 is 0.